The molecule has 8 heteroatoms. The molecule has 118 valence electrons. The Balaban J connectivity index is 1.84. The van der Waals surface area contributed by atoms with Crippen LogP contribution in [0.4, 0.5) is 18.0 Å². The van der Waals surface area contributed by atoms with E-state index in [-0.39, 0.29) is 4.91 Å². The number of carbonyl (C=O) groups excluding carboxylic acids is 2. The number of hydrogen-bond donors (Lipinski definition) is 1. The van der Waals surface area contributed by atoms with E-state index >= 15 is 0 Å². The van der Waals surface area contributed by atoms with Gasteiger partial charge in [-0.15, -0.1) is 0 Å². The molecule has 0 bridgehead atoms. The van der Waals surface area contributed by atoms with E-state index in [1.165, 1.54) is 18.2 Å². The van der Waals surface area contributed by atoms with Crippen molar-refractivity contribution in [2.75, 3.05) is 0 Å². The van der Waals surface area contributed by atoms with Gasteiger partial charge >= 0.3 is 6.18 Å². The number of rotatable bonds is 2. The standard InChI is InChI=1S/C15H8F3NO3S/c16-15(17,18)9-3-1-8(2-4-9)11-6-5-10(22-11)7-12-13(20)19-14(21)23-12/h1-7H,(H,19,20,21)/b12-7+. The second-order valence-corrected chi connectivity index (χ2v) is 5.64. The van der Waals surface area contributed by atoms with Crippen LogP contribution < -0.4 is 5.32 Å². The Hall–Kier alpha value is -2.48. The Bertz CT molecular complexity index is 806. The lowest BCUT2D eigenvalue weighted by Gasteiger charge is -2.06. The fourth-order valence-electron chi connectivity index (χ4n) is 1.96. The topological polar surface area (TPSA) is 59.3 Å². The number of benzene rings is 1. The van der Waals surface area contributed by atoms with Crippen LogP contribution in [0.2, 0.25) is 0 Å². The molecule has 0 aliphatic carbocycles. The van der Waals surface area contributed by atoms with Gasteiger partial charge in [0.1, 0.15) is 11.5 Å². The third kappa shape index (κ3) is 3.31. The largest absolute Gasteiger partial charge is 0.457 e. The molecule has 0 spiro atoms. The monoisotopic (exact) mass is 339 g/mol. The highest BCUT2D eigenvalue weighted by atomic mass is 32.2. The first kappa shape index (κ1) is 15.4. The zero-order chi connectivity index (χ0) is 16.6. The van der Waals surface area contributed by atoms with E-state index in [1.807, 2.05) is 0 Å². The summed E-state index contributed by atoms with van der Waals surface area (Å²) >= 11 is 0.755. The van der Waals surface area contributed by atoms with Crippen molar-refractivity contribution in [2.45, 2.75) is 6.18 Å². The molecule has 1 saturated heterocycles. The molecular formula is C15H8F3NO3S. The number of carbonyl (C=O) groups is 2. The molecule has 23 heavy (non-hydrogen) atoms. The van der Waals surface area contributed by atoms with Crippen molar-refractivity contribution in [3.63, 3.8) is 0 Å². The Labute approximate surface area is 132 Å². The molecule has 1 aliphatic heterocycles. The van der Waals surface area contributed by atoms with Crippen LogP contribution in [0.25, 0.3) is 17.4 Å². The number of furan rings is 1. The van der Waals surface area contributed by atoms with Crippen molar-refractivity contribution >= 4 is 29.0 Å². The predicted octanol–water partition coefficient (Wildman–Crippen LogP) is 4.29. The number of imide groups is 1. The van der Waals surface area contributed by atoms with Crippen LogP contribution in [0.15, 0.2) is 45.7 Å². The van der Waals surface area contributed by atoms with Crippen molar-refractivity contribution in [1.29, 1.82) is 0 Å². The highest BCUT2D eigenvalue weighted by Gasteiger charge is 2.30. The molecule has 0 saturated carbocycles. The lowest BCUT2D eigenvalue weighted by molar-refractivity contribution is -0.137. The first-order valence-corrected chi connectivity index (χ1v) is 7.17. The maximum atomic E-state index is 12.5. The molecule has 1 aromatic carbocycles. The van der Waals surface area contributed by atoms with E-state index < -0.39 is 22.9 Å². The average molecular weight is 339 g/mol. The molecule has 2 amide bonds. The van der Waals surface area contributed by atoms with E-state index in [0.717, 1.165) is 23.9 Å². The van der Waals surface area contributed by atoms with E-state index in [0.29, 0.717) is 17.1 Å². The summed E-state index contributed by atoms with van der Waals surface area (Å²) in [6, 6.07) is 7.69. The van der Waals surface area contributed by atoms with Gasteiger partial charge in [-0.05, 0) is 36.0 Å². The fourth-order valence-corrected chi connectivity index (χ4v) is 2.62. The molecule has 1 aromatic heterocycles. The maximum absolute atomic E-state index is 12.5. The van der Waals surface area contributed by atoms with E-state index in [4.69, 9.17) is 4.42 Å². The molecule has 0 radical (unpaired) electrons. The van der Waals surface area contributed by atoms with Crippen LogP contribution >= 0.6 is 11.8 Å². The molecule has 1 N–H and O–H groups in total. The third-order valence-corrected chi connectivity index (χ3v) is 3.85. The Morgan fingerprint density at radius 3 is 2.30 bits per heavy atom. The third-order valence-electron chi connectivity index (χ3n) is 3.04. The van der Waals surface area contributed by atoms with Crippen LogP contribution in [0.5, 0.6) is 0 Å². The van der Waals surface area contributed by atoms with Gasteiger partial charge in [-0.2, -0.15) is 13.2 Å². The van der Waals surface area contributed by atoms with Crippen molar-refractivity contribution in [2.24, 2.45) is 0 Å². The summed E-state index contributed by atoms with van der Waals surface area (Å²) in [4.78, 5) is 22.7. The van der Waals surface area contributed by atoms with Gasteiger partial charge in [-0.25, -0.2) is 0 Å². The first-order valence-electron chi connectivity index (χ1n) is 6.35. The highest BCUT2D eigenvalue weighted by Crippen LogP contribution is 2.32. The summed E-state index contributed by atoms with van der Waals surface area (Å²) in [5.41, 5.74) is -0.269. The fraction of sp³-hybridized carbons (Fsp3) is 0.0667. The predicted molar refractivity (Wildman–Crippen MR) is 78.3 cm³/mol. The minimum atomic E-state index is -4.39. The normalized spacial score (nSPS) is 16.9. The van der Waals surface area contributed by atoms with Gasteiger partial charge < -0.3 is 4.42 Å². The molecule has 1 aliphatic rings. The lowest BCUT2D eigenvalue weighted by atomic mass is 10.1. The van der Waals surface area contributed by atoms with Crippen molar-refractivity contribution in [3.8, 4) is 11.3 Å². The van der Waals surface area contributed by atoms with Gasteiger partial charge in [0.25, 0.3) is 11.1 Å². The quantitative estimate of drug-likeness (QED) is 0.829. The second-order valence-electron chi connectivity index (χ2n) is 4.63. The van der Waals surface area contributed by atoms with Crippen LogP contribution in [0.3, 0.4) is 0 Å². The highest BCUT2D eigenvalue weighted by molar-refractivity contribution is 8.18. The molecule has 3 rings (SSSR count). The summed E-state index contributed by atoms with van der Waals surface area (Å²) in [5.74, 6) is 0.181. The SMILES string of the molecule is O=C1NC(=O)/C(=C\c2ccc(-c3ccc(C(F)(F)F)cc3)o2)S1. The van der Waals surface area contributed by atoms with Gasteiger partial charge in [-0.1, -0.05) is 12.1 Å². The number of alkyl halides is 3. The van der Waals surface area contributed by atoms with Crippen LogP contribution in [-0.2, 0) is 11.0 Å². The average Bonchev–Trinajstić information content (AvgIpc) is 3.06. The maximum Gasteiger partial charge on any atom is 0.416 e. The van der Waals surface area contributed by atoms with E-state index in [9.17, 15) is 22.8 Å². The summed E-state index contributed by atoms with van der Waals surface area (Å²) in [6.07, 6.45) is -2.99. The second kappa shape index (κ2) is 5.62. The number of hydrogen-bond acceptors (Lipinski definition) is 4. The van der Waals surface area contributed by atoms with Crippen LogP contribution in [0.1, 0.15) is 11.3 Å². The van der Waals surface area contributed by atoms with Gasteiger partial charge in [0.15, 0.2) is 0 Å². The summed E-state index contributed by atoms with van der Waals surface area (Å²) in [5, 5.41) is 1.65. The summed E-state index contributed by atoms with van der Waals surface area (Å²) < 4.78 is 43.0. The molecule has 2 aromatic rings. The minimum absolute atomic E-state index is 0.198. The zero-order valence-corrected chi connectivity index (χ0v) is 12.1. The summed E-state index contributed by atoms with van der Waals surface area (Å²) in [7, 11) is 0. The Morgan fingerprint density at radius 2 is 1.74 bits per heavy atom. The Morgan fingerprint density at radius 1 is 1.04 bits per heavy atom. The van der Waals surface area contributed by atoms with E-state index in [2.05, 4.69) is 5.32 Å². The molecule has 4 nitrogen and oxygen atoms in total. The van der Waals surface area contributed by atoms with Crippen molar-refractivity contribution < 1.29 is 27.2 Å². The zero-order valence-electron chi connectivity index (χ0n) is 11.3. The Kier molecular flexibility index (Phi) is 3.77. The first-order chi connectivity index (χ1) is 10.8. The number of thioether (sulfide) groups is 1. The van der Waals surface area contributed by atoms with Gasteiger partial charge in [0, 0.05) is 11.6 Å². The molecule has 0 atom stereocenters. The molecule has 2 heterocycles. The van der Waals surface area contributed by atoms with Crippen LogP contribution in [-0.4, -0.2) is 11.1 Å². The summed E-state index contributed by atoms with van der Waals surface area (Å²) in [6.45, 7) is 0. The lowest BCUT2D eigenvalue weighted by Crippen LogP contribution is -2.17. The molecular weight excluding hydrogens is 331 g/mol. The van der Waals surface area contributed by atoms with Crippen molar-refractivity contribution in [1.82, 2.24) is 5.32 Å². The van der Waals surface area contributed by atoms with Crippen LogP contribution in [0, 0.1) is 0 Å². The number of amides is 2. The van der Waals surface area contributed by atoms with Gasteiger partial charge in [0.05, 0.1) is 10.5 Å². The van der Waals surface area contributed by atoms with E-state index in [1.54, 1.807) is 12.1 Å². The van der Waals surface area contributed by atoms with Crippen molar-refractivity contribution in [3.05, 3.63) is 52.6 Å². The van der Waals surface area contributed by atoms with Gasteiger partial charge in [0.2, 0.25) is 0 Å². The minimum Gasteiger partial charge on any atom is -0.457 e. The number of nitrogens with one attached hydrogen (secondary N) is 1. The molecule has 1 fully saturated rings. The molecule has 0 unspecified atom stereocenters. The smallest absolute Gasteiger partial charge is 0.416 e. The van der Waals surface area contributed by atoms with Gasteiger partial charge in [-0.3, -0.25) is 14.9 Å². The number of halogens is 3.